The van der Waals surface area contributed by atoms with E-state index in [2.05, 4.69) is 30.2 Å². The fraction of sp³-hybridized carbons (Fsp3) is 0.545. The fourth-order valence-electron chi connectivity index (χ4n) is 1.36. The minimum Gasteiger partial charge on any atom is -0.368 e. The molecule has 0 aliphatic heterocycles. The highest BCUT2D eigenvalue weighted by Gasteiger charge is 2.01. The van der Waals surface area contributed by atoms with Gasteiger partial charge in [-0.1, -0.05) is 0 Å². The number of rotatable bonds is 5. The van der Waals surface area contributed by atoms with Crippen LogP contribution in [0.1, 0.15) is 25.3 Å². The summed E-state index contributed by atoms with van der Waals surface area (Å²) < 4.78 is 0. The molecule has 1 unspecified atom stereocenters. The third-order valence-corrected chi connectivity index (χ3v) is 2.15. The first-order chi connectivity index (χ1) is 6.72. The Balaban J connectivity index is 2.43. The first-order valence-electron chi connectivity index (χ1n) is 5.11. The van der Waals surface area contributed by atoms with Gasteiger partial charge in [-0.3, -0.25) is 0 Å². The average molecular weight is 193 g/mol. The molecule has 0 amide bonds. The lowest BCUT2D eigenvalue weighted by atomic mass is 10.2. The van der Waals surface area contributed by atoms with Crippen molar-refractivity contribution in [3.8, 4) is 0 Å². The van der Waals surface area contributed by atoms with Gasteiger partial charge in [0.05, 0.1) is 0 Å². The maximum atomic E-state index is 5.45. The molecule has 0 spiro atoms. The fourth-order valence-corrected chi connectivity index (χ4v) is 1.36. The van der Waals surface area contributed by atoms with Crippen molar-refractivity contribution < 1.29 is 0 Å². The summed E-state index contributed by atoms with van der Waals surface area (Å²) in [7, 11) is 0. The van der Waals surface area contributed by atoms with E-state index in [0.29, 0.717) is 6.04 Å². The predicted octanol–water partition coefficient (Wildman–Crippen LogP) is 1.93. The van der Waals surface area contributed by atoms with Crippen LogP contribution in [0.3, 0.4) is 0 Å². The molecule has 3 heteroatoms. The Bertz CT molecular complexity index is 273. The molecular formula is C11H19N3. The van der Waals surface area contributed by atoms with Crippen LogP contribution in [0.15, 0.2) is 18.3 Å². The molecule has 1 atom stereocenters. The van der Waals surface area contributed by atoms with Crippen molar-refractivity contribution in [1.29, 1.82) is 0 Å². The Morgan fingerprint density at radius 2 is 2.36 bits per heavy atom. The molecule has 1 aromatic heterocycles. The first kappa shape index (κ1) is 11.0. The summed E-state index contributed by atoms with van der Waals surface area (Å²) in [4.78, 5) is 4.25. The van der Waals surface area contributed by atoms with Crippen LogP contribution < -0.4 is 11.1 Å². The molecule has 0 aliphatic rings. The second-order valence-electron chi connectivity index (χ2n) is 3.69. The van der Waals surface area contributed by atoms with Gasteiger partial charge in [0.2, 0.25) is 0 Å². The summed E-state index contributed by atoms with van der Waals surface area (Å²) in [5, 5.41) is 3.35. The van der Waals surface area contributed by atoms with Crippen LogP contribution in [0, 0.1) is 6.92 Å². The van der Waals surface area contributed by atoms with Gasteiger partial charge in [0.15, 0.2) is 0 Å². The van der Waals surface area contributed by atoms with Crippen LogP contribution in [-0.2, 0) is 0 Å². The molecule has 0 bridgehead atoms. The number of pyridine rings is 1. The SMILES string of the molecule is Cc1ccnc(NC(C)CCCN)c1. The van der Waals surface area contributed by atoms with E-state index in [0.717, 1.165) is 25.2 Å². The Morgan fingerprint density at radius 3 is 3.00 bits per heavy atom. The van der Waals surface area contributed by atoms with Crippen LogP contribution >= 0.6 is 0 Å². The molecule has 3 N–H and O–H groups in total. The molecule has 0 aliphatic carbocycles. The van der Waals surface area contributed by atoms with Crippen LogP contribution in [-0.4, -0.2) is 17.6 Å². The monoisotopic (exact) mass is 193 g/mol. The van der Waals surface area contributed by atoms with E-state index in [1.807, 2.05) is 12.3 Å². The maximum absolute atomic E-state index is 5.45. The number of anilines is 1. The summed E-state index contributed by atoms with van der Waals surface area (Å²) in [6, 6.07) is 4.49. The third-order valence-electron chi connectivity index (χ3n) is 2.15. The Labute approximate surface area is 85.7 Å². The third kappa shape index (κ3) is 3.75. The lowest BCUT2D eigenvalue weighted by molar-refractivity contribution is 0.661. The molecule has 0 radical (unpaired) electrons. The van der Waals surface area contributed by atoms with Gasteiger partial charge in [-0.2, -0.15) is 0 Å². The lowest BCUT2D eigenvalue weighted by Crippen LogP contribution is -2.17. The predicted molar refractivity (Wildman–Crippen MR) is 60.3 cm³/mol. The molecule has 0 aromatic carbocycles. The van der Waals surface area contributed by atoms with Crippen molar-refractivity contribution in [2.75, 3.05) is 11.9 Å². The van der Waals surface area contributed by atoms with Gasteiger partial charge in [-0.25, -0.2) is 4.98 Å². The summed E-state index contributed by atoms with van der Waals surface area (Å²) >= 11 is 0. The van der Waals surface area contributed by atoms with Crippen molar-refractivity contribution >= 4 is 5.82 Å². The summed E-state index contributed by atoms with van der Waals surface area (Å²) in [5.41, 5.74) is 6.68. The van der Waals surface area contributed by atoms with Gasteiger partial charge in [0.25, 0.3) is 0 Å². The lowest BCUT2D eigenvalue weighted by Gasteiger charge is -2.13. The second-order valence-corrected chi connectivity index (χ2v) is 3.69. The van der Waals surface area contributed by atoms with Gasteiger partial charge in [-0.15, -0.1) is 0 Å². The zero-order chi connectivity index (χ0) is 10.4. The average Bonchev–Trinajstić information content (AvgIpc) is 2.15. The minimum absolute atomic E-state index is 0.438. The van der Waals surface area contributed by atoms with Gasteiger partial charge < -0.3 is 11.1 Å². The first-order valence-corrected chi connectivity index (χ1v) is 5.11. The Hall–Kier alpha value is -1.09. The molecular weight excluding hydrogens is 174 g/mol. The quantitative estimate of drug-likeness (QED) is 0.751. The normalized spacial score (nSPS) is 12.5. The standard InChI is InChI=1S/C11H19N3/c1-9-5-7-13-11(8-9)14-10(2)4-3-6-12/h5,7-8,10H,3-4,6,12H2,1-2H3,(H,13,14). The molecule has 3 nitrogen and oxygen atoms in total. The number of nitrogens with one attached hydrogen (secondary N) is 1. The molecule has 0 fully saturated rings. The molecule has 0 saturated carbocycles. The van der Waals surface area contributed by atoms with Gasteiger partial charge in [0.1, 0.15) is 5.82 Å². The van der Waals surface area contributed by atoms with E-state index in [9.17, 15) is 0 Å². The Morgan fingerprint density at radius 1 is 1.57 bits per heavy atom. The van der Waals surface area contributed by atoms with E-state index in [1.54, 1.807) is 0 Å². The molecule has 0 saturated heterocycles. The van der Waals surface area contributed by atoms with Crippen molar-refractivity contribution in [3.05, 3.63) is 23.9 Å². The van der Waals surface area contributed by atoms with E-state index >= 15 is 0 Å². The Kier molecular flexibility index (Phi) is 4.40. The summed E-state index contributed by atoms with van der Waals surface area (Å²) in [6.07, 6.45) is 3.97. The van der Waals surface area contributed by atoms with Crippen LogP contribution in [0.25, 0.3) is 0 Å². The van der Waals surface area contributed by atoms with Crippen LogP contribution in [0.5, 0.6) is 0 Å². The van der Waals surface area contributed by atoms with E-state index in [4.69, 9.17) is 5.73 Å². The largest absolute Gasteiger partial charge is 0.368 e. The highest BCUT2D eigenvalue weighted by molar-refractivity contribution is 5.37. The van der Waals surface area contributed by atoms with Crippen molar-refractivity contribution in [3.63, 3.8) is 0 Å². The second kappa shape index (κ2) is 5.60. The molecule has 1 heterocycles. The van der Waals surface area contributed by atoms with E-state index in [-0.39, 0.29) is 0 Å². The number of nitrogens with two attached hydrogens (primary N) is 1. The summed E-state index contributed by atoms with van der Waals surface area (Å²) in [6.45, 7) is 4.98. The number of nitrogens with zero attached hydrogens (tertiary/aromatic N) is 1. The van der Waals surface area contributed by atoms with Crippen molar-refractivity contribution in [1.82, 2.24) is 4.98 Å². The number of hydrogen-bond acceptors (Lipinski definition) is 3. The van der Waals surface area contributed by atoms with Gasteiger partial charge in [0, 0.05) is 12.2 Å². The van der Waals surface area contributed by atoms with Crippen LogP contribution in [0.4, 0.5) is 5.82 Å². The smallest absolute Gasteiger partial charge is 0.126 e. The number of aromatic nitrogens is 1. The van der Waals surface area contributed by atoms with E-state index < -0.39 is 0 Å². The highest BCUT2D eigenvalue weighted by atomic mass is 15.0. The minimum atomic E-state index is 0.438. The van der Waals surface area contributed by atoms with Crippen LogP contribution in [0.2, 0.25) is 0 Å². The van der Waals surface area contributed by atoms with Crippen molar-refractivity contribution in [2.24, 2.45) is 5.73 Å². The van der Waals surface area contributed by atoms with Crippen molar-refractivity contribution in [2.45, 2.75) is 32.7 Å². The molecule has 78 valence electrons. The topological polar surface area (TPSA) is 50.9 Å². The zero-order valence-corrected chi connectivity index (χ0v) is 8.96. The summed E-state index contributed by atoms with van der Waals surface area (Å²) in [5.74, 6) is 0.953. The molecule has 1 aromatic rings. The zero-order valence-electron chi connectivity index (χ0n) is 8.96. The molecule has 1 rings (SSSR count). The molecule has 14 heavy (non-hydrogen) atoms. The van der Waals surface area contributed by atoms with E-state index in [1.165, 1.54) is 5.56 Å². The van der Waals surface area contributed by atoms with Gasteiger partial charge >= 0.3 is 0 Å². The maximum Gasteiger partial charge on any atom is 0.126 e. The number of hydrogen-bond donors (Lipinski definition) is 2. The number of aryl methyl sites for hydroxylation is 1. The van der Waals surface area contributed by atoms with Gasteiger partial charge in [-0.05, 0) is 50.9 Å². The highest BCUT2D eigenvalue weighted by Crippen LogP contribution is 2.08.